The highest BCUT2D eigenvalue weighted by molar-refractivity contribution is 5.49. The first-order chi connectivity index (χ1) is 6.56. The summed E-state index contributed by atoms with van der Waals surface area (Å²) in [6.45, 7) is 8.55. The van der Waals surface area contributed by atoms with Crippen LogP contribution < -0.4 is 0 Å². The van der Waals surface area contributed by atoms with Gasteiger partial charge in [0.15, 0.2) is 0 Å². The van der Waals surface area contributed by atoms with Crippen LogP contribution in [0.3, 0.4) is 0 Å². The van der Waals surface area contributed by atoms with Crippen LogP contribution in [0.4, 0.5) is 0 Å². The molecule has 0 saturated carbocycles. The van der Waals surface area contributed by atoms with E-state index in [0.29, 0.717) is 12.3 Å². The van der Waals surface area contributed by atoms with E-state index in [0.717, 1.165) is 19.1 Å². The monoisotopic (exact) mass is 194 g/mol. The third-order valence-corrected chi connectivity index (χ3v) is 2.12. The van der Waals surface area contributed by atoms with Crippen molar-refractivity contribution in [1.29, 1.82) is 0 Å². The van der Waals surface area contributed by atoms with Gasteiger partial charge < -0.3 is 4.79 Å². The molecule has 0 rings (SSSR count). The van der Waals surface area contributed by atoms with Gasteiger partial charge in [-0.3, -0.25) is 0 Å². The Morgan fingerprint density at radius 3 is 2.43 bits per heavy atom. The highest BCUT2D eigenvalue weighted by Gasteiger charge is 1.97. The van der Waals surface area contributed by atoms with E-state index in [2.05, 4.69) is 39.8 Å². The molecule has 0 amide bonds. The predicted molar refractivity (Wildman–Crippen MR) is 62.3 cm³/mol. The molecule has 0 aromatic carbocycles. The molecule has 0 saturated heterocycles. The third kappa shape index (κ3) is 7.78. The zero-order chi connectivity index (χ0) is 11.0. The summed E-state index contributed by atoms with van der Waals surface area (Å²) < 4.78 is 0. The van der Waals surface area contributed by atoms with Crippen molar-refractivity contribution < 1.29 is 4.79 Å². The average molecular weight is 194 g/mol. The van der Waals surface area contributed by atoms with Crippen molar-refractivity contribution >= 4 is 6.29 Å². The molecule has 1 nitrogen and oxygen atoms in total. The van der Waals surface area contributed by atoms with E-state index in [-0.39, 0.29) is 0 Å². The lowest BCUT2D eigenvalue weighted by Crippen LogP contribution is -1.90. The van der Waals surface area contributed by atoms with Gasteiger partial charge in [0.2, 0.25) is 0 Å². The van der Waals surface area contributed by atoms with E-state index in [9.17, 15) is 4.79 Å². The summed E-state index contributed by atoms with van der Waals surface area (Å²) in [7, 11) is 0. The van der Waals surface area contributed by atoms with Gasteiger partial charge in [-0.2, -0.15) is 0 Å². The van der Waals surface area contributed by atoms with E-state index < -0.39 is 0 Å². The molecular weight excluding hydrogens is 172 g/mol. The summed E-state index contributed by atoms with van der Waals surface area (Å²) in [6.07, 6.45) is 8.16. The van der Waals surface area contributed by atoms with Crippen LogP contribution in [0.5, 0.6) is 0 Å². The van der Waals surface area contributed by atoms with Crippen molar-refractivity contribution in [3.63, 3.8) is 0 Å². The number of aldehydes is 1. The largest absolute Gasteiger partial charge is 0.303 e. The van der Waals surface area contributed by atoms with E-state index in [1.807, 2.05) is 0 Å². The fourth-order valence-corrected chi connectivity index (χ4v) is 1.35. The predicted octanol–water partition coefficient (Wildman–Crippen LogP) is 3.90. The topological polar surface area (TPSA) is 17.1 Å². The van der Waals surface area contributed by atoms with E-state index in [1.165, 1.54) is 11.1 Å². The molecule has 14 heavy (non-hydrogen) atoms. The first kappa shape index (κ1) is 13.2. The number of carbonyl (C=O) groups excluding carboxylic acids is 1. The van der Waals surface area contributed by atoms with Gasteiger partial charge in [0, 0.05) is 6.42 Å². The van der Waals surface area contributed by atoms with Gasteiger partial charge in [0.05, 0.1) is 0 Å². The zero-order valence-corrected chi connectivity index (χ0v) is 9.84. The minimum absolute atomic E-state index is 0.580. The molecule has 0 aliphatic rings. The molecule has 0 aliphatic heterocycles. The maximum absolute atomic E-state index is 10.2. The van der Waals surface area contributed by atoms with Crippen LogP contribution in [-0.4, -0.2) is 6.29 Å². The maximum atomic E-state index is 10.2. The Balaban J connectivity index is 3.94. The Hall–Kier alpha value is -0.850. The van der Waals surface area contributed by atoms with Crippen molar-refractivity contribution in [2.24, 2.45) is 5.92 Å². The maximum Gasteiger partial charge on any atom is 0.120 e. The van der Waals surface area contributed by atoms with Crippen LogP contribution >= 0.6 is 0 Å². The Bertz CT molecular complexity index is 219. The molecule has 0 bridgehead atoms. The Morgan fingerprint density at radius 1 is 1.29 bits per heavy atom. The second-order valence-corrected chi connectivity index (χ2v) is 4.21. The van der Waals surface area contributed by atoms with Gasteiger partial charge >= 0.3 is 0 Å². The molecule has 0 N–H and O–H groups in total. The minimum atomic E-state index is 0.580. The van der Waals surface area contributed by atoms with Gasteiger partial charge in [-0.1, -0.05) is 30.2 Å². The minimum Gasteiger partial charge on any atom is -0.303 e. The molecule has 1 atom stereocenters. The van der Waals surface area contributed by atoms with Gasteiger partial charge in [0.1, 0.15) is 6.29 Å². The highest BCUT2D eigenvalue weighted by atomic mass is 16.1. The number of rotatable bonds is 6. The summed E-state index contributed by atoms with van der Waals surface area (Å²) in [4.78, 5) is 10.2. The zero-order valence-electron chi connectivity index (χ0n) is 9.84. The van der Waals surface area contributed by atoms with Gasteiger partial charge in [-0.25, -0.2) is 0 Å². The highest BCUT2D eigenvalue weighted by Crippen LogP contribution is 2.12. The Morgan fingerprint density at radius 2 is 1.93 bits per heavy atom. The third-order valence-electron chi connectivity index (χ3n) is 2.12. The van der Waals surface area contributed by atoms with Crippen molar-refractivity contribution in [3.05, 3.63) is 23.3 Å². The number of hydrogen-bond acceptors (Lipinski definition) is 1. The van der Waals surface area contributed by atoms with Gasteiger partial charge in [-0.05, 0) is 39.5 Å². The van der Waals surface area contributed by atoms with Crippen molar-refractivity contribution in [3.8, 4) is 0 Å². The second kappa shape index (κ2) is 7.54. The molecule has 1 unspecified atom stereocenters. The molecule has 0 aromatic rings. The quantitative estimate of drug-likeness (QED) is 0.463. The van der Waals surface area contributed by atoms with E-state index >= 15 is 0 Å². The van der Waals surface area contributed by atoms with Crippen LogP contribution in [0.15, 0.2) is 23.3 Å². The molecule has 80 valence electrons. The molecule has 1 heteroatoms. The van der Waals surface area contributed by atoms with Crippen LogP contribution in [0.2, 0.25) is 0 Å². The normalized spacial score (nSPS) is 13.6. The van der Waals surface area contributed by atoms with Crippen LogP contribution in [0.1, 0.15) is 47.0 Å². The molecular formula is C13H22O. The number of hydrogen-bond donors (Lipinski definition) is 0. The average Bonchev–Trinajstić information content (AvgIpc) is 2.11. The molecule has 0 aliphatic carbocycles. The van der Waals surface area contributed by atoms with Crippen LogP contribution in [0, 0.1) is 5.92 Å². The molecule has 0 fully saturated rings. The smallest absolute Gasteiger partial charge is 0.120 e. The fraction of sp³-hybridized carbons (Fsp3) is 0.615. The summed E-state index contributed by atoms with van der Waals surface area (Å²) >= 11 is 0. The molecule has 0 aromatic heterocycles. The first-order valence-electron chi connectivity index (χ1n) is 5.30. The number of allylic oxidation sites excluding steroid dienone is 4. The fourth-order valence-electron chi connectivity index (χ4n) is 1.35. The lowest BCUT2D eigenvalue weighted by Gasteiger charge is -2.05. The Labute approximate surface area is 87.9 Å². The van der Waals surface area contributed by atoms with E-state index in [1.54, 1.807) is 0 Å². The van der Waals surface area contributed by atoms with Gasteiger partial charge in [0.25, 0.3) is 0 Å². The molecule has 0 spiro atoms. The van der Waals surface area contributed by atoms with Crippen LogP contribution in [-0.2, 0) is 4.79 Å². The molecule has 0 radical (unpaired) electrons. The van der Waals surface area contributed by atoms with Gasteiger partial charge in [-0.15, -0.1) is 0 Å². The second-order valence-electron chi connectivity index (χ2n) is 4.21. The van der Waals surface area contributed by atoms with Crippen molar-refractivity contribution in [2.75, 3.05) is 0 Å². The first-order valence-corrected chi connectivity index (χ1v) is 5.30. The van der Waals surface area contributed by atoms with Crippen molar-refractivity contribution in [2.45, 2.75) is 47.0 Å². The lowest BCUT2D eigenvalue weighted by atomic mass is 10.0. The Kier molecular flexibility index (Phi) is 7.09. The SMILES string of the molecule is CC(C)=CCC(C)C=C(C)CCC=O. The van der Waals surface area contributed by atoms with E-state index in [4.69, 9.17) is 0 Å². The summed E-state index contributed by atoms with van der Waals surface area (Å²) in [5.41, 5.74) is 2.70. The standard InChI is InChI=1S/C13H22O/c1-11(2)7-8-13(4)10-12(3)6-5-9-14/h7,9-10,13H,5-6,8H2,1-4H3. The number of carbonyl (C=O) groups is 1. The lowest BCUT2D eigenvalue weighted by molar-refractivity contribution is -0.107. The summed E-state index contributed by atoms with van der Waals surface area (Å²) in [6, 6.07) is 0. The summed E-state index contributed by atoms with van der Waals surface area (Å²) in [5, 5.41) is 0. The van der Waals surface area contributed by atoms with Crippen molar-refractivity contribution in [1.82, 2.24) is 0 Å². The van der Waals surface area contributed by atoms with Crippen LogP contribution in [0.25, 0.3) is 0 Å². The summed E-state index contributed by atoms with van der Waals surface area (Å²) in [5.74, 6) is 0.580. The molecule has 0 heterocycles.